The highest BCUT2D eigenvalue weighted by Crippen LogP contribution is 2.28. The molecule has 0 amide bonds. The molecule has 1 saturated heterocycles. The fourth-order valence-corrected chi connectivity index (χ4v) is 2.53. The molecule has 1 aromatic rings. The van der Waals surface area contributed by atoms with E-state index in [0.29, 0.717) is 12.5 Å². The number of nitrogens with one attached hydrogen (secondary N) is 2. The van der Waals surface area contributed by atoms with Gasteiger partial charge >= 0.3 is 5.69 Å². The molecule has 0 aliphatic carbocycles. The van der Waals surface area contributed by atoms with Crippen LogP contribution < -0.4 is 16.6 Å². The Bertz CT molecular complexity index is 488. The Morgan fingerprint density at radius 1 is 1.43 bits per heavy atom. The summed E-state index contributed by atoms with van der Waals surface area (Å²) < 4.78 is 0. The zero-order valence-corrected chi connectivity index (χ0v) is 12.1. The lowest BCUT2D eigenvalue weighted by Crippen LogP contribution is -2.30. The molecule has 1 aromatic heterocycles. The monoisotopic (exact) mass is 295 g/mol. The molecule has 0 bridgehead atoms. The van der Waals surface area contributed by atoms with Gasteiger partial charge in [0.05, 0.1) is 4.92 Å². The number of anilines is 2. The lowest BCUT2D eigenvalue weighted by molar-refractivity contribution is -0.383. The van der Waals surface area contributed by atoms with Crippen molar-refractivity contribution >= 4 is 17.3 Å². The number of nitrogen functional groups attached to an aromatic ring is 1. The predicted octanol–water partition coefficient (Wildman–Crippen LogP) is 0.814. The predicted molar refractivity (Wildman–Crippen MR) is 79.8 cm³/mol. The summed E-state index contributed by atoms with van der Waals surface area (Å²) in [7, 11) is 2.13. The second-order valence-electron chi connectivity index (χ2n) is 5.28. The lowest BCUT2D eigenvalue weighted by atomic mass is 9.94. The summed E-state index contributed by atoms with van der Waals surface area (Å²) in [5, 5.41) is 14.1. The van der Waals surface area contributed by atoms with Gasteiger partial charge in [-0.2, -0.15) is 0 Å². The zero-order valence-electron chi connectivity index (χ0n) is 12.1. The minimum Gasteiger partial charge on any atom is -0.364 e. The molecule has 0 radical (unpaired) electrons. The number of aromatic nitrogens is 2. The van der Waals surface area contributed by atoms with E-state index in [4.69, 9.17) is 5.84 Å². The molecule has 9 nitrogen and oxygen atoms in total. The van der Waals surface area contributed by atoms with Crippen LogP contribution in [0.2, 0.25) is 0 Å². The Morgan fingerprint density at radius 2 is 2.10 bits per heavy atom. The summed E-state index contributed by atoms with van der Waals surface area (Å²) in [5.41, 5.74) is 2.00. The van der Waals surface area contributed by atoms with Gasteiger partial charge in [0.2, 0.25) is 11.6 Å². The molecule has 1 fully saturated rings. The van der Waals surface area contributed by atoms with Gasteiger partial charge in [0.1, 0.15) is 6.33 Å². The van der Waals surface area contributed by atoms with E-state index >= 15 is 0 Å². The van der Waals surface area contributed by atoms with Crippen LogP contribution in [0.3, 0.4) is 0 Å². The van der Waals surface area contributed by atoms with Crippen molar-refractivity contribution in [2.24, 2.45) is 11.8 Å². The number of likely N-dealkylation sites (tertiary alicyclic amines) is 1. The van der Waals surface area contributed by atoms with Crippen LogP contribution in [0.15, 0.2) is 6.33 Å². The molecule has 4 N–H and O–H groups in total. The van der Waals surface area contributed by atoms with Gasteiger partial charge in [-0.05, 0) is 45.3 Å². The first-order valence-corrected chi connectivity index (χ1v) is 7.00. The second-order valence-corrected chi connectivity index (χ2v) is 5.28. The number of hydrazine groups is 1. The summed E-state index contributed by atoms with van der Waals surface area (Å²) in [6, 6.07) is 0. The Balaban J connectivity index is 1.92. The van der Waals surface area contributed by atoms with Crippen molar-refractivity contribution in [2.75, 3.05) is 37.4 Å². The zero-order chi connectivity index (χ0) is 15.2. The summed E-state index contributed by atoms with van der Waals surface area (Å²) in [5.74, 6) is 6.11. The van der Waals surface area contributed by atoms with E-state index in [1.807, 2.05) is 0 Å². The average molecular weight is 295 g/mol. The van der Waals surface area contributed by atoms with Crippen LogP contribution >= 0.6 is 0 Å². The summed E-state index contributed by atoms with van der Waals surface area (Å²) in [6.07, 6.45) is 4.56. The first-order chi connectivity index (χ1) is 10.1. The van der Waals surface area contributed by atoms with Crippen molar-refractivity contribution in [3.63, 3.8) is 0 Å². The minimum absolute atomic E-state index is 0.0109. The molecular weight excluding hydrogens is 274 g/mol. The van der Waals surface area contributed by atoms with Crippen molar-refractivity contribution in [1.82, 2.24) is 14.9 Å². The molecule has 2 heterocycles. The highest BCUT2D eigenvalue weighted by molar-refractivity contribution is 5.68. The van der Waals surface area contributed by atoms with Gasteiger partial charge < -0.3 is 15.6 Å². The SMILES string of the molecule is CN1CCC(CCNc2ncnc(NN)c2[N+](=O)[O-])CC1. The van der Waals surface area contributed by atoms with Crippen LogP contribution in [0.4, 0.5) is 17.3 Å². The van der Waals surface area contributed by atoms with E-state index in [0.717, 1.165) is 19.5 Å². The first kappa shape index (κ1) is 15.4. The fourth-order valence-electron chi connectivity index (χ4n) is 2.53. The number of hydrogen-bond donors (Lipinski definition) is 3. The van der Waals surface area contributed by atoms with Crippen LogP contribution in [0.5, 0.6) is 0 Å². The molecule has 0 unspecified atom stereocenters. The van der Waals surface area contributed by atoms with E-state index in [-0.39, 0.29) is 17.3 Å². The highest BCUT2D eigenvalue weighted by atomic mass is 16.6. The number of nitro groups is 1. The first-order valence-electron chi connectivity index (χ1n) is 7.00. The van der Waals surface area contributed by atoms with Gasteiger partial charge in [-0.25, -0.2) is 15.8 Å². The normalized spacial score (nSPS) is 16.7. The molecule has 9 heteroatoms. The Morgan fingerprint density at radius 3 is 2.71 bits per heavy atom. The van der Waals surface area contributed by atoms with E-state index in [9.17, 15) is 10.1 Å². The van der Waals surface area contributed by atoms with Gasteiger partial charge in [0.25, 0.3) is 0 Å². The van der Waals surface area contributed by atoms with Crippen molar-refractivity contribution in [3.8, 4) is 0 Å². The van der Waals surface area contributed by atoms with Crippen LogP contribution in [-0.4, -0.2) is 46.5 Å². The van der Waals surface area contributed by atoms with Crippen LogP contribution in [-0.2, 0) is 0 Å². The molecule has 0 spiro atoms. The number of nitrogens with two attached hydrogens (primary N) is 1. The quantitative estimate of drug-likeness (QED) is 0.400. The average Bonchev–Trinajstić information content (AvgIpc) is 2.48. The molecule has 0 aromatic carbocycles. The summed E-state index contributed by atoms with van der Waals surface area (Å²) >= 11 is 0. The van der Waals surface area contributed by atoms with Crippen molar-refractivity contribution < 1.29 is 4.92 Å². The second kappa shape index (κ2) is 7.14. The summed E-state index contributed by atoms with van der Waals surface area (Å²) in [6.45, 7) is 2.87. The largest absolute Gasteiger partial charge is 0.364 e. The molecule has 1 aliphatic rings. The molecular formula is C12H21N7O2. The third kappa shape index (κ3) is 3.99. The van der Waals surface area contributed by atoms with Gasteiger partial charge in [-0.3, -0.25) is 10.1 Å². The molecule has 0 saturated carbocycles. The Hall–Kier alpha value is -2.00. The topological polar surface area (TPSA) is 122 Å². The number of nitrogens with zero attached hydrogens (tertiary/aromatic N) is 4. The fraction of sp³-hybridized carbons (Fsp3) is 0.667. The molecule has 116 valence electrons. The maximum Gasteiger partial charge on any atom is 0.354 e. The van der Waals surface area contributed by atoms with Crippen molar-refractivity contribution in [1.29, 1.82) is 0 Å². The van der Waals surface area contributed by atoms with E-state index in [1.165, 1.54) is 19.2 Å². The van der Waals surface area contributed by atoms with Gasteiger partial charge in [-0.15, -0.1) is 0 Å². The highest BCUT2D eigenvalue weighted by Gasteiger charge is 2.22. The molecule has 21 heavy (non-hydrogen) atoms. The molecule has 0 atom stereocenters. The van der Waals surface area contributed by atoms with E-state index < -0.39 is 4.92 Å². The number of hydrogen-bond acceptors (Lipinski definition) is 8. The maximum absolute atomic E-state index is 11.1. The van der Waals surface area contributed by atoms with Gasteiger partial charge in [0.15, 0.2) is 0 Å². The summed E-state index contributed by atoms with van der Waals surface area (Å²) in [4.78, 5) is 20.6. The van der Waals surface area contributed by atoms with E-state index in [1.54, 1.807) is 0 Å². The van der Waals surface area contributed by atoms with Gasteiger partial charge in [0, 0.05) is 6.54 Å². The Kier molecular flexibility index (Phi) is 5.23. The van der Waals surface area contributed by atoms with Crippen molar-refractivity contribution in [2.45, 2.75) is 19.3 Å². The Labute approximate surface area is 123 Å². The third-order valence-corrected chi connectivity index (χ3v) is 3.82. The van der Waals surface area contributed by atoms with E-state index in [2.05, 4.69) is 32.7 Å². The van der Waals surface area contributed by atoms with Crippen LogP contribution in [0.25, 0.3) is 0 Å². The standard InChI is InChI=1S/C12H21N7O2/c1-18-6-3-9(4-7-18)2-5-14-11-10(19(20)21)12(17-13)16-8-15-11/h8-9H,2-7,13H2,1H3,(H2,14,15,16,17). The maximum atomic E-state index is 11.1. The number of rotatable bonds is 6. The van der Waals surface area contributed by atoms with Gasteiger partial charge in [-0.1, -0.05) is 0 Å². The molecule has 2 rings (SSSR count). The smallest absolute Gasteiger partial charge is 0.354 e. The third-order valence-electron chi connectivity index (χ3n) is 3.82. The number of piperidine rings is 1. The minimum atomic E-state index is -0.535. The van der Waals surface area contributed by atoms with Crippen molar-refractivity contribution in [3.05, 3.63) is 16.4 Å². The van der Waals surface area contributed by atoms with Crippen LogP contribution in [0.1, 0.15) is 19.3 Å². The lowest BCUT2D eigenvalue weighted by Gasteiger charge is -2.28. The molecule has 1 aliphatic heterocycles. The van der Waals surface area contributed by atoms with Crippen LogP contribution in [0, 0.1) is 16.0 Å².